The number of nitro groups is 1. The third-order valence-corrected chi connectivity index (χ3v) is 3.07. The molecular formula is C11H9FN2O2S. The average Bonchev–Trinajstić information content (AvgIpc) is 2.80. The molecule has 1 heterocycles. The average molecular weight is 252 g/mol. The molecule has 0 saturated heterocycles. The molecule has 0 aliphatic heterocycles. The van der Waals surface area contributed by atoms with Crippen molar-refractivity contribution in [3.8, 4) is 0 Å². The van der Waals surface area contributed by atoms with Crippen LogP contribution in [0.4, 0.5) is 15.8 Å². The van der Waals surface area contributed by atoms with E-state index in [0.29, 0.717) is 12.2 Å². The molecule has 0 aliphatic carbocycles. The fourth-order valence-corrected chi connectivity index (χ4v) is 2.01. The molecular weight excluding hydrogens is 243 g/mol. The number of nitrogens with one attached hydrogen (secondary N) is 1. The Kier molecular flexibility index (Phi) is 3.34. The first-order valence-corrected chi connectivity index (χ1v) is 5.75. The molecule has 1 aromatic carbocycles. The second kappa shape index (κ2) is 4.92. The van der Waals surface area contributed by atoms with Crippen molar-refractivity contribution in [1.82, 2.24) is 0 Å². The lowest BCUT2D eigenvalue weighted by Gasteiger charge is -2.04. The van der Waals surface area contributed by atoms with Crippen LogP contribution in [0.3, 0.4) is 0 Å². The van der Waals surface area contributed by atoms with Gasteiger partial charge in [0.2, 0.25) is 5.82 Å². The fourth-order valence-electron chi connectivity index (χ4n) is 1.36. The Morgan fingerprint density at radius 1 is 1.41 bits per heavy atom. The fraction of sp³-hybridized carbons (Fsp3) is 0.0909. The van der Waals surface area contributed by atoms with Gasteiger partial charge in [0.25, 0.3) is 0 Å². The van der Waals surface area contributed by atoms with Crippen LogP contribution in [0.1, 0.15) is 4.88 Å². The Balaban J connectivity index is 2.11. The van der Waals surface area contributed by atoms with Gasteiger partial charge in [-0.15, -0.1) is 11.3 Å². The van der Waals surface area contributed by atoms with Crippen LogP contribution in [0, 0.1) is 15.9 Å². The summed E-state index contributed by atoms with van der Waals surface area (Å²) in [6, 6.07) is 7.65. The van der Waals surface area contributed by atoms with Crippen molar-refractivity contribution < 1.29 is 9.31 Å². The molecule has 0 unspecified atom stereocenters. The molecule has 6 heteroatoms. The van der Waals surface area contributed by atoms with E-state index in [0.717, 1.165) is 10.9 Å². The number of nitrogens with zero attached hydrogens (tertiary/aromatic N) is 1. The van der Waals surface area contributed by atoms with E-state index in [4.69, 9.17) is 0 Å². The van der Waals surface area contributed by atoms with E-state index in [-0.39, 0.29) is 0 Å². The summed E-state index contributed by atoms with van der Waals surface area (Å²) in [6.45, 7) is 0.570. The smallest absolute Gasteiger partial charge is 0.306 e. The molecule has 88 valence electrons. The Morgan fingerprint density at radius 3 is 2.88 bits per heavy atom. The molecule has 0 amide bonds. The SMILES string of the molecule is O=[N+]([O-])c1cc(NCc2cccs2)ccc1F. The number of hydrogen-bond donors (Lipinski definition) is 1. The summed E-state index contributed by atoms with van der Waals surface area (Å²) in [6.07, 6.45) is 0. The molecule has 0 bridgehead atoms. The Labute approximate surface area is 101 Å². The Morgan fingerprint density at radius 2 is 2.24 bits per heavy atom. The molecule has 0 radical (unpaired) electrons. The van der Waals surface area contributed by atoms with Gasteiger partial charge in [0.05, 0.1) is 4.92 Å². The third-order valence-electron chi connectivity index (χ3n) is 2.19. The zero-order chi connectivity index (χ0) is 12.3. The summed E-state index contributed by atoms with van der Waals surface area (Å²) >= 11 is 1.59. The Bertz CT molecular complexity index is 528. The maximum Gasteiger partial charge on any atom is 0.306 e. The first-order valence-electron chi connectivity index (χ1n) is 4.87. The summed E-state index contributed by atoms with van der Waals surface area (Å²) in [5, 5.41) is 15.5. The first-order chi connectivity index (χ1) is 8.16. The van der Waals surface area contributed by atoms with Gasteiger partial charge in [0, 0.05) is 23.2 Å². The van der Waals surface area contributed by atoms with Gasteiger partial charge in [-0.3, -0.25) is 10.1 Å². The minimum absolute atomic E-state index is 0.513. The van der Waals surface area contributed by atoms with Crippen molar-refractivity contribution in [3.63, 3.8) is 0 Å². The van der Waals surface area contributed by atoms with Gasteiger partial charge < -0.3 is 5.32 Å². The van der Waals surface area contributed by atoms with Crippen LogP contribution in [0.2, 0.25) is 0 Å². The van der Waals surface area contributed by atoms with Gasteiger partial charge in [0.15, 0.2) is 0 Å². The molecule has 1 N–H and O–H groups in total. The van der Waals surface area contributed by atoms with E-state index >= 15 is 0 Å². The van der Waals surface area contributed by atoms with E-state index in [1.54, 1.807) is 11.3 Å². The number of thiophene rings is 1. The zero-order valence-electron chi connectivity index (χ0n) is 8.72. The van der Waals surface area contributed by atoms with Gasteiger partial charge >= 0.3 is 5.69 Å². The standard InChI is InChI=1S/C11H9FN2O2S/c12-10-4-3-8(6-11(10)14(15)16)13-7-9-2-1-5-17-9/h1-6,13H,7H2. The summed E-state index contributed by atoms with van der Waals surface area (Å²) in [7, 11) is 0. The third kappa shape index (κ3) is 2.79. The summed E-state index contributed by atoms with van der Waals surface area (Å²) in [5.74, 6) is -0.823. The largest absolute Gasteiger partial charge is 0.380 e. The van der Waals surface area contributed by atoms with Crippen molar-refractivity contribution in [1.29, 1.82) is 0 Å². The van der Waals surface area contributed by atoms with Crippen molar-refractivity contribution in [2.24, 2.45) is 0 Å². The summed E-state index contributed by atoms with van der Waals surface area (Å²) in [5.41, 5.74) is 0.0210. The van der Waals surface area contributed by atoms with Crippen LogP contribution >= 0.6 is 11.3 Å². The molecule has 0 saturated carbocycles. The quantitative estimate of drug-likeness (QED) is 0.670. The predicted molar refractivity (Wildman–Crippen MR) is 64.7 cm³/mol. The molecule has 0 spiro atoms. The van der Waals surface area contributed by atoms with Crippen molar-refractivity contribution in [2.75, 3.05) is 5.32 Å². The minimum atomic E-state index is -0.823. The van der Waals surface area contributed by atoms with Crippen molar-refractivity contribution >= 4 is 22.7 Å². The maximum absolute atomic E-state index is 13.1. The zero-order valence-corrected chi connectivity index (χ0v) is 9.54. The number of halogens is 1. The number of rotatable bonds is 4. The topological polar surface area (TPSA) is 55.2 Å². The molecule has 2 rings (SSSR count). The van der Waals surface area contributed by atoms with E-state index in [1.165, 1.54) is 12.1 Å². The van der Waals surface area contributed by atoms with Gasteiger partial charge in [-0.2, -0.15) is 4.39 Å². The van der Waals surface area contributed by atoms with Crippen LogP contribution < -0.4 is 5.32 Å². The van der Waals surface area contributed by atoms with Gasteiger partial charge in [-0.1, -0.05) is 6.07 Å². The highest BCUT2D eigenvalue weighted by Crippen LogP contribution is 2.22. The molecule has 2 aromatic rings. The Hall–Kier alpha value is -1.95. The van der Waals surface area contributed by atoms with Crippen LogP contribution in [0.25, 0.3) is 0 Å². The van der Waals surface area contributed by atoms with Crippen LogP contribution in [-0.4, -0.2) is 4.92 Å². The van der Waals surface area contributed by atoms with Crippen LogP contribution in [0.5, 0.6) is 0 Å². The molecule has 0 aliphatic rings. The maximum atomic E-state index is 13.1. The normalized spacial score (nSPS) is 10.2. The second-order valence-corrected chi connectivity index (χ2v) is 4.39. The monoisotopic (exact) mass is 252 g/mol. The molecule has 0 fully saturated rings. The van der Waals surface area contributed by atoms with Crippen molar-refractivity contribution in [2.45, 2.75) is 6.54 Å². The van der Waals surface area contributed by atoms with E-state index in [2.05, 4.69) is 5.32 Å². The molecule has 0 atom stereocenters. The van der Waals surface area contributed by atoms with Gasteiger partial charge in [-0.05, 0) is 23.6 Å². The highest BCUT2D eigenvalue weighted by Gasteiger charge is 2.13. The molecule has 4 nitrogen and oxygen atoms in total. The van der Waals surface area contributed by atoms with Crippen LogP contribution in [-0.2, 0) is 6.54 Å². The van der Waals surface area contributed by atoms with Gasteiger partial charge in [-0.25, -0.2) is 0 Å². The highest BCUT2D eigenvalue weighted by molar-refractivity contribution is 7.09. The molecule has 17 heavy (non-hydrogen) atoms. The van der Waals surface area contributed by atoms with E-state index < -0.39 is 16.4 Å². The lowest BCUT2D eigenvalue weighted by molar-refractivity contribution is -0.387. The lowest BCUT2D eigenvalue weighted by Crippen LogP contribution is -1.99. The minimum Gasteiger partial charge on any atom is -0.380 e. The number of nitro benzene ring substituents is 1. The summed E-state index contributed by atoms with van der Waals surface area (Å²) < 4.78 is 13.1. The van der Waals surface area contributed by atoms with Crippen molar-refractivity contribution in [3.05, 3.63) is 56.5 Å². The predicted octanol–water partition coefficient (Wildman–Crippen LogP) is 3.41. The lowest BCUT2D eigenvalue weighted by atomic mass is 10.2. The highest BCUT2D eigenvalue weighted by atomic mass is 32.1. The number of benzene rings is 1. The van der Waals surface area contributed by atoms with Crippen LogP contribution in [0.15, 0.2) is 35.7 Å². The van der Waals surface area contributed by atoms with E-state index in [1.807, 2.05) is 17.5 Å². The summed E-state index contributed by atoms with van der Waals surface area (Å²) in [4.78, 5) is 10.9. The second-order valence-electron chi connectivity index (χ2n) is 3.36. The molecule has 1 aromatic heterocycles. The number of anilines is 1. The van der Waals surface area contributed by atoms with Gasteiger partial charge in [0.1, 0.15) is 0 Å². The first kappa shape index (κ1) is 11.5. The number of hydrogen-bond acceptors (Lipinski definition) is 4. The van der Waals surface area contributed by atoms with E-state index in [9.17, 15) is 14.5 Å².